The lowest BCUT2D eigenvalue weighted by molar-refractivity contribution is 0.249. The molecular formula is C11H13BrFNOSi. The maximum Gasteiger partial charge on any atom is 0.186 e. The highest BCUT2D eigenvalue weighted by Crippen LogP contribution is 2.26. The van der Waals surface area contributed by atoms with Crippen molar-refractivity contribution < 1.29 is 8.82 Å². The van der Waals surface area contributed by atoms with Gasteiger partial charge >= 0.3 is 0 Å². The molecule has 5 heteroatoms. The van der Waals surface area contributed by atoms with E-state index in [1.54, 1.807) is 12.1 Å². The monoisotopic (exact) mass is 301 g/mol. The van der Waals surface area contributed by atoms with Crippen molar-refractivity contribution in [2.24, 2.45) is 0 Å². The molecule has 1 aromatic carbocycles. The minimum atomic E-state index is -1.87. The summed E-state index contributed by atoms with van der Waals surface area (Å²) in [6.45, 7) is 5.90. The van der Waals surface area contributed by atoms with E-state index < -0.39 is 20.2 Å². The fourth-order valence-electron chi connectivity index (χ4n) is 1.23. The lowest BCUT2D eigenvalue weighted by atomic mass is 10.1. The second-order valence-corrected chi connectivity index (χ2v) is 9.78. The van der Waals surface area contributed by atoms with Crippen LogP contribution < -0.4 is 0 Å². The second kappa shape index (κ2) is 5.08. The van der Waals surface area contributed by atoms with Crippen LogP contribution in [0.2, 0.25) is 19.6 Å². The molecule has 0 heterocycles. The van der Waals surface area contributed by atoms with E-state index in [9.17, 15) is 4.39 Å². The average Bonchev–Trinajstić information content (AvgIpc) is 2.17. The molecule has 0 bridgehead atoms. The molecule has 86 valence electrons. The molecule has 0 saturated carbocycles. The topological polar surface area (TPSA) is 33.0 Å². The van der Waals surface area contributed by atoms with Crippen LogP contribution in [-0.4, -0.2) is 8.32 Å². The first-order valence-corrected chi connectivity index (χ1v) is 9.06. The van der Waals surface area contributed by atoms with Gasteiger partial charge in [0.05, 0.1) is 6.07 Å². The number of halogens is 2. The molecule has 0 N–H and O–H groups in total. The van der Waals surface area contributed by atoms with E-state index in [1.807, 2.05) is 25.7 Å². The van der Waals surface area contributed by atoms with Crippen LogP contribution in [0.1, 0.15) is 11.7 Å². The maximum absolute atomic E-state index is 13.5. The number of nitriles is 1. The summed E-state index contributed by atoms with van der Waals surface area (Å²) in [6.07, 6.45) is -0.829. The summed E-state index contributed by atoms with van der Waals surface area (Å²) >= 11 is 3.25. The fourth-order valence-corrected chi connectivity index (χ4v) is 2.49. The summed E-state index contributed by atoms with van der Waals surface area (Å²) in [5.74, 6) is -0.409. The van der Waals surface area contributed by atoms with E-state index >= 15 is 0 Å². The Morgan fingerprint density at radius 3 is 2.56 bits per heavy atom. The molecule has 0 unspecified atom stereocenters. The Bertz CT molecular complexity index is 425. The van der Waals surface area contributed by atoms with Crippen molar-refractivity contribution in [2.45, 2.75) is 25.7 Å². The first-order valence-electron chi connectivity index (χ1n) is 4.86. The van der Waals surface area contributed by atoms with Crippen molar-refractivity contribution in [3.63, 3.8) is 0 Å². The van der Waals surface area contributed by atoms with E-state index in [-0.39, 0.29) is 0 Å². The molecule has 0 aromatic heterocycles. The fraction of sp³-hybridized carbons (Fsp3) is 0.364. The summed E-state index contributed by atoms with van der Waals surface area (Å²) in [5, 5.41) is 9.02. The molecular weight excluding hydrogens is 289 g/mol. The first-order chi connectivity index (χ1) is 7.33. The third-order valence-corrected chi connectivity index (χ3v) is 3.27. The number of hydrogen-bond acceptors (Lipinski definition) is 2. The zero-order valence-corrected chi connectivity index (χ0v) is 12.0. The van der Waals surface area contributed by atoms with E-state index in [0.29, 0.717) is 5.56 Å². The van der Waals surface area contributed by atoms with Gasteiger partial charge in [-0.2, -0.15) is 5.26 Å². The van der Waals surface area contributed by atoms with Gasteiger partial charge in [0.2, 0.25) is 0 Å². The minimum absolute atomic E-state index is 0.291. The number of rotatable bonds is 3. The van der Waals surface area contributed by atoms with E-state index in [4.69, 9.17) is 9.69 Å². The van der Waals surface area contributed by atoms with Gasteiger partial charge in [-0.05, 0) is 37.8 Å². The van der Waals surface area contributed by atoms with Crippen LogP contribution in [0.3, 0.4) is 0 Å². The van der Waals surface area contributed by atoms with Crippen molar-refractivity contribution in [1.29, 1.82) is 5.26 Å². The molecule has 1 rings (SSSR count). The van der Waals surface area contributed by atoms with Crippen molar-refractivity contribution in [1.82, 2.24) is 0 Å². The standard InChI is InChI=1S/C11H13BrFNOSi/c1-16(2,3)15-11(7-14)9-6-8(12)4-5-10(9)13/h4-6,11H,1-3H3/t11-/m0/s1. The molecule has 1 aromatic rings. The lowest BCUT2D eigenvalue weighted by Gasteiger charge is -2.22. The van der Waals surface area contributed by atoms with Crippen LogP contribution >= 0.6 is 15.9 Å². The van der Waals surface area contributed by atoms with Crippen molar-refractivity contribution in [3.05, 3.63) is 34.1 Å². The molecule has 0 radical (unpaired) electrons. The third-order valence-electron chi connectivity index (χ3n) is 1.83. The smallest absolute Gasteiger partial charge is 0.186 e. The van der Waals surface area contributed by atoms with Crippen LogP contribution in [0.15, 0.2) is 22.7 Å². The van der Waals surface area contributed by atoms with Gasteiger partial charge in [-0.1, -0.05) is 15.9 Å². The highest BCUT2D eigenvalue weighted by Gasteiger charge is 2.24. The molecule has 0 amide bonds. The second-order valence-electron chi connectivity index (χ2n) is 4.41. The first kappa shape index (κ1) is 13.4. The van der Waals surface area contributed by atoms with Gasteiger partial charge in [0, 0.05) is 10.0 Å². The van der Waals surface area contributed by atoms with Gasteiger partial charge < -0.3 is 4.43 Å². The molecule has 0 aliphatic carbocycles. The van der Waals surface area contributed by atoms with E-state index in [1.165, 1.54) is 6.07 Å². The highest BCUT2D eigenvalue weighted by molar-refractivity contribution is 9.10. The Hall–Kier alpha value is -0.703. The summed E-state index contributed by atoms with van der Waals surface area (Å²) in [4.78, 5) is 0. The lowest BCUT2D eigenvalue weighted by Crippen LogP contribution is -2.27. The molecule has 0 saturated heterocycles. The summed E-state index contributed by atoms with van der Waals surface area (Å²) in [6, 6.07) is 6.51. The number of benzene rings is 1. The Morgan fingerprint density at radius 2 is 2.06 bits per heavy atom. The van der Waals surface area contributed by atoms with Crippen LogP contribution in [-0.2, 0) is 4.43 Å². The summed E-state index contributed by atoms with van der Waals surface area (Å²) in [5.41, 5.74) is 0.291. The van der Waals surface area contributed by atoms with E-state index in [0.717, 1.165) is 4.47 Å². The maximum atomic E-state index is 13.5. The zero-order valence-electron chi connectivity index (χ0n) is 9.42. The van der Waals surface area contributed by atoms with Crippen LogP contribution in [0.5, 0.6) is 0 Å². The Labute approximate surface area is 104 Å². The van der Waals surface area contributed by atoms with Gasteiger partial charge in [-0.15, -0.1) is 0 Å². The van der Waals surface area contributed by atoms with Gasteiger partial charge in [0.1, 0.15) is 5.82 Å². The van der Waals surface area contributed by atoms with Gasteiger partial charge in [0.15, 0.2) is 14.4 Å². The number of hydrogen-bond donors (Lipinski definition) is 0. The largest absolute Gasteiger partial charge is 0.399 e. The third kappa shape index (κ3) is 3.70. The van der Waals surface area contributed by atoms with Gasteiger partial charge in [-0.3, -0.25) is 0 Å². The molecule has 0 aliphatic rings. The van der Waals surface area contributed by atoms with Gasteiger partial charge in [-0.25, -0.2) is 4.39 Å². The number of nitrogens with zero attached hydrogens (tertiary/aromatic N) is 1. The zero-order chi connectivity index (χ0) is 12.3. The quantitative estimate of drug-likeness (QED) is 0.791. The Balaban J connectivity index is 3.05. The SMILES string of the molecule is C[Si](C)(C)O[C@@H](C#N)c1cc(Br)ccc1F. The van der Waals surface area contributed by atoms with Crippen molar-refractivity contribution in [3.8, 4) is 6.07 Å². The highest BCUT2D eigenvalue weighted by atomic mass is 79.9. The molecule has 0 aliphatic heterocycles. The normalized spacial score (nSPS) is 13.2. The predicted molar refractivity (Wildman–Crippen MR) is 66.9 cm³/mol. The average molecular weight is 302 g/mol. The van der Waals surface area contributed by atoms with Crippen molar-refractivity contribution in [2.75, 3.05) is 0 Å². The van der Waals surface area contributed by atoms with Crippen LogP contribution in [0, 0.1) is 17.1 Å². The summed E-state index contributed by atoms with van der Waals surface area (Å²) < 4.78 is 19.9. The molecule has 0 fully saturated rings. The molecule has 2 nitrogen and oxygen atoms in total. The van der Waals surface area contributed by atoms with Crippen molar-refractivity contribution >= 4 is 24.2 Å². The van der Waals surface area contributed by atoms with E-state index in [2.05, 4.69) is 15.9 Å². The van der Waals surface area contributed by atoms with Gasteiger partial charge in [0.25, 0.3) is 0 Å². The Kier molecular flexibility index (Phi) is 4.25. The molecule has 0 spiro atoms. The minimum Gasteiger partial charge on any atom is -0.399 e. The van der Waals surface area contributed by atoms with Crippen LogP contribution in [0.25, 0.3) is 0 Å². The molecule has 1 atom stereocenters. The van der Waals surface area contributed by atoms with Crippen LogP contribution in [0.4, 0.5) is 4.39 Å². The molecule has 16 heavy (non-hydrogen) atoms. The summed E-state index contributed by atoms with van der Waals surface area (Å²) in [7, 11) is -1.87. The predicted octanol–water partition coefficient (Wildman–Crippen LogP) is 4.00. The Morgan fingerprint density at radius 1 is 1.44 bits per heavy atom.